The summed E-state index contributed by atoms with van der Waals surface area (Å²) in [4.78, 5) is 117. The van der Waals surface area contributed by atoms with Gasteiger partial charge in [-0.3, -0.25) is 38.1 Å². The number of carbonyl (C=O) groups excluding carboxylic acids is 7. The zero-order chi connectivity index (χ0) is 78.0. The summed E-state index contributed by atoms with van der Waals surface area (Å²) in [5.74, 6) is -16.0. The molecule has 39 heteroatoms. The number of carbonyl (C=O) groups is 8. The lowest BCUT2D eigenvalue weighted by Crippen LogP contribution is -2.64. The molecular weight excluding hydrogens is 1470 g/mol. The minimum atomic E-state index is -3.67. The number of aliphatic hydroxyl groups excluding tert-OH is 6. The molecule has 2 fully saturated rings. The predicted molar refractivity (Wildman–Crippen MR) is 367 cm³/mol. The Hall–Kier alpha value is -9.29. The number of aromatic hydroxyl groups is 3. The number of phenols is 3. The lowest BCUT2D eigenvalue weighted by Gasteiger charge is -2.47. The Kier molecular flexibility index (Phi) is 25.0. The Morgan fingerprint density at radius 2 is 1.30 bits per heavy atom. The van der Waals surface area contributed by atoms with Crippen LogP contribution in [0.3, 0.4) is 0 Å². The van der Waals surface area contributed by atoms with Crippen LogP contribution in [0.25, 0.3) is 11.1 Å². The zero-order valence-electron chi connectivity index (χ0n) is 57.0. The fraction of sp³-hybridized carbons (Fsp3) is 0.433. The van der Waals surface area contributed by atoms with Crippen LogP contribution >= 0.6 is 23.2 Å². The maximum absolute atomic E-state index is 16.0. The number of nitrogens with two attached hydrogens (primary N) is 2. The van der Waals surface area contributed by atoms with Crippen LogP contribution in [0.5, 0.6) is 46.0 Å². The topological polar surface area (TPSA) is 585 Å². The zero-order valence-corrected chi connectivity index (χ0v) is 59.3. The summed E-state index contributed by atoms with van der Waals surface area (Å²) in [6, 6.07) is -0.679. The Balaban J connectivity index is 0.00000251. The van der Waals surface area contributed by atoms with Crippen molar-refractivity contribution in [2.45, 2.75) is 156 Å². The molecule has 5 aromatic carbocycles. The van der Waals surface area contributed by atoms with E-state index in [0.717, 1.165) is 66.7 Å². The number of carboxylic acid groups (broad SMARTS) is 1. The van der Waals surface area contributed by atoms with Gasteiger partial charge in [0, 0.05) is 34.7 Å². The van der Waals surface area contributed by atoms with Crippen LogP contribution in [-0.2, 0) is 62.7 Å². The summed E-state index contributed by atoms with van der Waals surface area (Å²) in [5, 5.41) is 131. The molecular formula is C67H79Cl2N9O27S. The number of aliphatic hydroxyl groups is 6. The summed E-state index contributed by atoms with van der Waals surface area (Å²) in [5.41, 5.74) is 8.00. The molecule has 5 aromatic rings. The maximum Gasteiger partial charge on any atom is 0.330 e. The fourth-order valence-corrected chi connectivity index (χ4v) is 12.9. The number of amides is 7. The number of nitrogens with one attached hydrogen (secondary N) is 7. The number of ether oxygens (including phenoxy) is 6. The summed E-state index contributed by atoms with van der Waals surface area (Å²) in [7, 11) is -2.19. The monoisotopic (exact) mass is 1540 g/mol. The number of likely N-dealkylation sites (N-methyl/N-ethyl adjacent to an activating group) is 1. The van der Waals surface area contributed by atoms with Gasteiger partial charge in [0.15, 0.2) is 29.9 Å². The van der Waals surface area contributed by atoms with Crippen LogP contribution in [0.15, 0.2) is 78.9 Å². The van der Waals surface area contributed by atoms with Gasteiger partial charge in [0.1, 0.15) is 89.5 Å². The van der Waals surface area contributed by atoms with E-state index in [9.17, 15) is 83.5 Å². The first-order valence-corrected chi connectivity index (χ1v) is 35.1. The highest BCUT2D eigenvalue weighted by Gasteiger charge is 2.51. The van der Waals surface area contributed by atoms with Crippen molar-refractivity contribution in [2.24, 2.45) is 17.4 Å². The van der Waals surface area contributed by atoms with Gasteiger partial charge in [-0.1, -0.05) is 55.2 Å². The van der Waals surface area contributed by atoms with E-state index in [1.54, 1.807) is 0 Å². The number of primary amides is 1. The third-order valence-corrected chi connectivity index (χ3v) is 18.4. The standard InChI is InChI=1S/C66H75Cl2N9O24.CH4O3S/c1-23(2)12-34(71-5)58(88)76-49-51(83)26-7-10-38(32(67)14-26)97-40-16-28-17-41(55(40)101-65-56(54(86)53(85)42(22-78)99-65)100-44-21-66(4,70)57(87)24(3)96-44)98-39-11-8-27(15-33(39)68)52(84)50-63(93)75-48(64(94)95)31-18-29(79)19-37(81)45(31)30-13-25(6-9-36(30)80)46(60(90)77-50)74-61(91)47(28)73-59(89)35(20-43(69)82)72-62(49)92;1-5(2,3)4/h6-11,13-19,23-24,34-35,42,44,46-54,56-57,65,71,78-81,83-87H,12,20-22,70H2,1-5H3,(H2,69,82)(H,72,92)(H,73,89)(H,74,91)(H,75,93)(H,76,88)(H,77,90)(H,94,95);1H3,(H,2,3,4). The van der Waals surface area contributed by atoms with Gasteiger partial charge in [-0.05, 0) is 110 Å². The number of halogens is 2. The van der Waals surface area contributed by atoms with Crippen LogP contribution in [0.2, 0.25) is 10.0 Å². The Labute approximate surface area is 613 Å². The first kappa shape index (κ1) is 80.8. The van der Waals surface area contributed by atoms with E-state index in [2.05, 4.69) is 37.2 Å². The van der Waals surface area contributed by atoms with Crippen LogP contribution < -0.4 is 62.9 Å². The van der Waals surface area contributed by atoms with Crippen molar-refractivity contribution in [1.82, 2.24) is 37.2 Å². The van der Waals surface area contributed by atoms with Crippen LogP contribution in [0, 0.1) is 5.92 Å². The van der Waals surface area contributed by atoms with Crippen molar-refractivity contribution in [3.63, 3.8) is 0 Å². The fourth-order valence-electron chi connectivity index (χ4n) is 12.5. The van der Waals surface area contributed by atoms with Crippen LogP contribution in [0.4, 0.5) is 0 Å². The first-order chi connectivity index (χ1) is 49.7. The summed E-state index contributed by atoms with van der Waals surface area (Å²) < 4.78 is 64.2. The van der Waals surface area contributed by atoms with Gasteiger partial charge < -0.3 is 128 Å². The lowest BCUT2D eigenvalue weighted by molar-refractivity contribution is -0.333. The van der Waals surface area contributed by atoms with E-state index in [1.807, 2.05) is 13.8 Å². The smallest absolute Gasteiger partial charge is 0.330 e. The molecule has 36 nitrogen and oxygen atoms in total. The number of hydrogen-bond donors (Lipinski definition) is 20. The molecule has 7 amide bonds. The Morgan fingerprint density at radius 3 is 1.86 bits per heavy atom. The van der Waals surface area contributed by atoms with Gasteiger partial charge in [0.05, 0.1) is 47.6 Å². The van der Waals surface area contributed by atoms with E-state index in [0.29, 0.717) is 6.26 Å². The van der Waals surface area contributed by atoms with Crippen LogP contribution in [-0.4, -0.2) is 210 Å². The molecule has 0 spiro atoms. The van der Waals surface area contributed by atoms with E-state index < -0.39 is 247 Å². The third kappa shape index (κ3) is 18.4. The summed E-state index contributed by atoms with van der Waals surface area (Å²) in [6.45, 7) is 5.66. The molecule has 18 unspecified atom stereocenters. The molecule has 0 aliphatic carbocycles. The molecule has 12 rings (SSSR count). The largest absolute Gasteiger partial charge is 0.508 e. The molecule has 7 aliphatic rings. The summed E-state index contributed by atoms with van der Waals surface area (Å²) in [6.07, 6.45) is -17.8. The normalized spacial score (nSPS) is 28.6. The molecule has 7 aliphatic heterocycles. The van der Waals surface area contributed by atoms with Gasteiger partial charge in [-0.2, -0.15) is 8.42 Å². The predicted octanol–water partition coefficient (Wildman–Crippen LogP) is -0.390. The third-order valence-electron chi connectivity index (χ3n) is 17.8. The number of hydrogen-bond acceptors (Lipinski definition) is 27. The van der Waals surface area contributed by atoms with Gasteiger partial charge in [0.2, 0.25) is 53.4 Å². The van der Waals surface area contributed by atoms with Crippen molar-refractivity contribution < 1.29 is 131 Å². The van der Waals surface area contributed by atoms with E-state index in [-0.39, 0.29) is 46.2 Å². The highest BCUT2D eigenvalue weighted by molar-refractivity contribution is 7.85. The molecule has 106 heavy (non-hydrogen) atoms. The molecule has 11 bridgehead atoms. The number of carboxylic acids is 1. The van der Waals surface area contributed by atoms with E-state index in [1.165, 1.54) is 33.0 Å². The molecule has 7 heterocycles. The van der Waals surface area contributed by atoms with Crippen LogP contribution in [0.1, 0.15) is 105 Å². The molecule has 22 N–H and O–H groups in total. The Morgan fingerprint density at radius 1 is 0.726 bits per heavy atom. The van der Waals surface area contributed by atoms with Gasteiger partial charge in [-0.25, -0.2) is 4.79 Å². The minimum Gasteiger partial charge on any atom is -0.508 e. The highest BCUT2D eigenvalue weighted by Crippen LogP contribution is 2.50. The average Bonchev–Trinajstić information content (AvgIpc) is 0.767. The molecule has 2 saturated heterocycles. The maximum atomic E-state index is 16.0. The molecule has 0 radical (unpaired) electrons. The SMILES string of the molecule is CNC(CC(C)C)C(=O)NC1C(=O)NC(CC(N)=O)C(=O)NC2C(=O)NC3C(=O)NC(C(=O)NC(C(=O)O)c4cc(O)cc(O)c4-c4cc3ccc4O)C(O)c3ccc(c(Cl)c3)Oc3cc2cc(c3OC2OC(CO)C(O)C(O)C2OC2CC(C)(N)C(O)C(C)O2)Oc2ccc(cc2Cl)C1O.CS(=O)(=O)O. The quantitative estimate of drug-likeness (QED) is 0.0668. The van der Waals surface area contributed by atoms with Gasteiger partial charge in [0.25, 0.3) is 10.1 Å². The lowest BCUT2D eigenvalue weighted by atomic mass is 9.86. The second kappa shape index (κ2) is 32.8. The molecule has 574 valence electrons. The van der Waals surface area contributed by atoms with Crippen molar-refractivity contribution >= 4 is 80.6 Å². The number of phenolic OH excluding ortho intramolecular Hbond substituents is 3. The number of aliphatic carboxylic acids is 1. The number of benzene rings is 5. The number of rotatable bonds is 13. The summed E-state index contributed by atoms with van der Waals surface area (Å²) >= 11 is 14.1. The van der Waals surface area contributed by atoms with E-state index in [4.69, 9.17) is 67.6 Å². The molecule has 18 atom stereocenters. The van der Waals surface area contributed by atoms with Crippen molar-refractivity contribution in [1.29, 1.82) is 0 Å². The van der Waals surface area contributed by atoms with Crippen molar-refractivity contribution in [3.05, 3.63) is 117 Å². The highest BCUT2D eigenvalue weighted by atomic mass is 35.5. The number of fused-ring (bicyclic) bond motifs is 15. The van der Waals surface area contributed by atoms with E-state index >= 15 is 14.4 Å². The molecule has 0 aromatic heterocycles. The molecule has 0 saturated carbocycles. The first-order valence-electron chi connectivity index (χ1n) is 32.5. The second-order valence-electron chi connectivity index (χ2n) is 26.4. The minimum absolute atomic E-state index is 0.0975. The van der Waals surface area contributed by atoms with Gasteiger partial charge >= 0.3 is 5.97 Å². The van der Waals surface area contributed by atoms with Crippen molar-refractivity contribution in [2.75, 3.05) is 19.9 Å². The Bertz CT molecular complexity index is 4340. The van der Waals surface area contributed by atoms with Crippen molar-refractivity contribution in [3.8, 4) is 57.1 Å². The second-order valence-corrected chi connectivity index (χ2v) is 28.7. The average molecular weight is 1550 g/mol. The van der Waals surface area contributed by atoms with Gasteiger partial charge in [-0.15, -0.1) is 0 Å².